The van der Waals surface area contributed by atoms with E-state index in [0.29, 0.717) is 0 Å². The van der Waals surface area contributed by atoms with Gasteiger partial charge in [0.15, 0.2) is 0 Å². The fraction of sp³-hybridized carbons (Fsp3) is 0.733. The molecule has 5 nitrogen and oxygen atoms in total. The lowest BCUT2D eigenvalue weighted by atomic mass is 10.3. The predicted octanol–water partition coefficient (Wildman–Crippen LogP) is 2.37. The molecule has 0 atom stereocenters. The second-order valence-electron chi connectivity index (χ2n) is 5.27. The van der Waals surface area contributed by atoms with E-state index in [1.54, 1.807) is 0 Å². The van der Waals surface area contributed by atoms with E-state index in [1.807, 2.05) is 6.07 Å². The summed E-state index contributed by atoms with van der Waals surface area (Å²) in [5.41, 5.74) is 0. The number of hydrogen-bond donors (Lipinski definition) is 2. The molecule has 2 heterocycles. The molecular weight excluding hydrogens is 250 g/mol. The first kappa shape index (κ1) is 15.0. The Kier molecular flexibility index (Phi) is 6.05. The van der Waals surface area contributed by atoms with Gasteiger partial charge in [0.2, 0.25) is 0 Å². The highest BCUT2D eigenvalue weighted by Crippen LogP contribution is 2.12. The van der Waals surface area contributed by atoms with E-state index in [-0.39, 0.29) is 0 Å². The van der Waals surface area contributed by atoms with Gasteiger partial charge in [0.25, 0.3) is 0 Å². The Morgan fingerprint density at radius 1 is 1.10 bits per heavy atom. The molecule has 2 rings (SSSR count). The van der Waals surface area contributed by atoms with E-state index in [0.717, 1.165) is 37.0 Å². The molecule has 0 bridgehead atoms. The largest absolute Gasteiger partial charge is 0.370 e. The van der Waals surface area contributed by atoms with E-state index < -0.39 is 0 Å². The van der Waals surface area contributed by atoms with Crippen molar-refractivity contribution in [3.8, 4) is 0 Å². The van der Waals surface area contributed by atoms with E-state index in [2.05, 4.69) is 39.3 Å². The highest BCUT2D eigenvalue weighted by atomic mass is 15.1. The quantitative estimate of drug-likeness (QED) is 0.715. The van der Waals surface area contributed by atoms with Crippen LogP contribution < -0.4 is 10.6 Å². The van der Waals surface area contributed by atoms with Crippen molar-refractivity contribution in [2.75, 3.05) is 43.4 Å². The maximum absolute atomic E-state index is 4.53. The lowest BCUT2D eigenvalue weighted by molar-refractivity contribution is 0.337. The number of nitrogens with one attached hydrogen (secondary N) is 2. The van der Waals surface area contributed by atoms with Crippen molar-refractivity contribution in [3.05, 3.63) is 11.9 Å². The van der Waals surface area contributed by atoms with Gasteiger partial charge in [-0.3, -0.25) is 0 Å². The first-order chi connectivity index (χ1) is 9.81. The minimum Gasteiger partial charge on any atom is -0.370 e. The Balaban J connectivity index is 1.79. The van der Waals surface area contributed by atoms with Gasteiger partial charge in [-0.15, -0.1) is 0 Å². The number of nitrogens with zero attached hydrogens (tertiary/aromatic N) is 3. The smallest absolute Gasteiger partial charge is 0.132 e. The normalized spacial score (nSPS) is 15.5. The number of aryl methyl sites for hydroxylation is 1. The minimum absolute atomic E-state index is 0.863. The van der Waals surface area contributed by atoms with Crippen LogP contribution in [0, 0.1) is 0 Å². The van der Waals surface area contributed by atoms with Gasteiger partial charge in [0.05, 0.1) is 0 Å². The Morgan fingerprint density at radius 3 is 2.45 bits per heavy atom. The van der Waals surface area contributed by atoms with Crippen LogP contribution in [-0.2, 0) is 6.42 Å². The molecule has 1 aromatic heterocycles. The molecule has 0 aromatic carbocycles. The molecule has 0 aliphatic carbocycles. The van der Waals surface area contributed by atoms with Gasteiger partial charge < -0.3 is 15.5 Å². The molecule has 0 unspecified atom stereocenters. The Bertz CT molecular complexity index is 401. The van der Waals surface area contributed by atoms with Gasteiger partial charge in [-0.25, -0.2) is 9.97 Å². The zero-order valence-electron chi connectivity index (χ0n) is 12.8. The molecule has 0 radical (unpaired) electrons. The maximum atomic E-state index is 4.53. The van der Waals surface area contributed by atoms with Crippen molar-refractivity contribution in [3.63, 3.8) is 0 Å². The third kappa shape index (κ3) is 4.63. The van der Waals surface area contributed by atoms with Crippen LogP contribution in [0.1, 0.15) is 38.9 Å². The van der Waals surface area contributed by atoms with Crippen molar-refractivity contribution in [2.24, 2.45) is 0 Å². The summed E-state index contributed by atoms with van der Waals surface area (Å²) in [6.45, 7) is 9.77. The Labute approximate surface area is 122 Å². The maximum Gasteiger partial charge on any atom is 0.132 e. The van der Waals surface area contributed by atoms with E-state index in [4.69, 9.17) is 0 Å². The summed E-state index contributed by atoms with van der Waals surface area (Å²) >= 11 is 0. The third-order valence-corrected chi connectivity index (χ3v) is 3.60. The summed E-state index contributed by atoms with van der Waals surface area (Å²) in [5.74, 6) is 2.75. The van der Waals surface area contributed by atoms with Crippen LogP contribution in [0.2, 0.25) is 0 Å². The topological polar surface area (TPSA) is 53.1 Å². The molecule has 20 heavy (non-hydrogen) atoms. The first-order valence-corrected chi connectivity index (χ1v) is 7.90. The van der Waals surface area contributed by atoms with Gasteiger partial charge >= 0.3 is 0 Å². The molecule has 0 spiro atoms. The standard InChI is InChI=1S/C15H27N5/c1-3-13-18-14(16-4-2)12-15(19-13)17-8-7-11-20-9-5-6-10-20/h12H,3-11H2,1-2H3,(H2,16,17,18,19). The molecule has 0 saturated carbocycles. The molecule has 2 N–H and O–H groups in total. The molecule has 1 saturated heterocycles. The van der Waals surface area contributed by atoms with Crippen LogP contribution in [-0.4, -0.2) is 47.6 Å². The number of anilines is 2. The number of aromatic nitrogens is 2. The van der Waals surface area contributed by atoms with Crippen LogP contribution in [0.4, 0.5) is 11.6 Å². The van der Waals surface area contributed by atoms with Crippen LogP contribution in [0.15, 0.2) is 6.07 Å². The fourth-order valence-electron chi connectivity index (χ4n) is 2.54. The molecule has 1 aliphatic rings. The van der Waals surface area contributed by atoms with Gasteiger partial charge in [-0.2, -0.15) is 0 Å². The molecule has 1 aliphatic heterocycles. The van der Waals surface area contributed by atoms with Crippen molar-refractivity contribution in [2.45, 2.75) is 39.5 Å². The molecule has 0 amide bonds. The summed E-state index contributed by atoms with van der Waals surface area (Å²) in [7, 11) is 0. The van der Waals surface area contributed by atoms with Gasteiger partial charge in [0.1, 0.15) is 17.5 Å². The molecule has 112 valence electrons. The minimum atomic E-state index is 0.863. The van der Waals surface area contributed by atoms with Crippen molar-refractivity contribution in [1.29, 1.82) is 0 Å². The number of likely N-dealkylation sites (tertiary alicyclic amines) is 1. The molecule has 1 aromatic rings. The van der Waals surface area contributed by atoms with Crippen LogP contribution in [0.5, 0.6) is 0 Å². The van der Waals surface area contributed by atoms with Crippen molar-refractivity contribution in [1.82, 2.24) is 14.9 Å². The molecule has 5 heteroatoms. The lowest BCUT2D eigenvalue weighted by Crippen LogP contribution is -2.22. The summed E-state index contributed by atoms with van der Waals surface area (Å²) in [5, 5.41) is 6.68. The zero-order chi connectivity index (χ0) is 14.2. The predicted molar refractivity (Wildman–Crippen MR) is 84.4 cm³/mol. The second kappa shape index (κ2) is 8.04. The fourth-order valence-corrected chi connectivity index (χ4v) is 2.54. The monoisotopic (exact) mass is 277 g/mol. The summed E-state index contributed by atoms with van der Waals surface area (Å²) in [6.07, 6.45) is 4.76. The van der Waals surface area contributed by atoms with E-state index in [1.165, 1.54) is 38.9 Å². The highest BCUT2D eigenvalue weighted by Gasteiger charge is 2.10. The Hall–Kier alpha value is -1.36. The molecular formula is C15H27N5. The first-order valence-electron chi connectivity index (χ1n) is 7.90. The average Bonchev–Trinajstić information content (AvgIpc) is 2.97. The average molecular weight is 277 g/mol. The number of rotatable bonds is 8. The van der Waals surface area contributed by atoms with Crippen molar-refractivity contribution < 1.29 is 0 Å². The highest BCUT2D eigenvalue weighted by molar-refractivity contribution is 5.47. The third-order valence-electron chi connectivity index (χ3n) is 3.60. The SMILES string of the molecule is CCNc1cc(NCCCN2CCCC2)nc(CC)n1. The van der Waals surface area contributed by atoms with Crippen molar-refractivity contribution >= 4 is 11.6 Å². The van der Waals surface area contributed by atoms with E-state index >= 15 is 0 Å². The van der Waals surface area contributed by atoms with Gasteiger partial charge in [-0.05, 0) is 45.8 Å². The zero-order valence-corrected chi connectivity index (χ0v) is 12.8. The van der Waals surface area contributed by atoms with E-state index in [9.17, 15) is 0 Å². The van der Waals surface area contributed by atoms with Gasteiger partial charge in [-0.1, -0.05) is 6.92 Å². The van der Waals surface area contributed by atoms with Crippen LogP contribution in [0.3, 0.4) is 0 Å². The lowest BCUT2D eigenvalue weighted by Gasteiger charge is -2.15. The summed E-state index contributed by atoms with van der Waals surface area (Å²) in [6, 6.07) is 2.00. The second-order valence-corrected chi connectivity index (χ2v) is 5.27. The van der Waals surface area contributed by atoms with Crippen LogP contribution >= 0.6 is 0 Å². The van der Waals surface area contributed by atoms with Crippen LogP contribution in [0.25, 0.3) is 0 Å². The molecule has 1 fully saturated rings. The summed E-state index contributed by atoms with van der Waals surface area (Å²) in [4.78, 5) is 11.5. The summed E-state index contributed by atoms with van der Waals surface area (Å²) < 4.78 is 0. The van der Waals surface area contributed by atoms with Gasteiger partial charge in [0, 0.05) is 25.6 Å². The number of hydrogen-bond acceptors (Lipinski definition) is 5. The Morgan fingerprint density at radius 2 is 1.80 bits per heavy atom.